The fourth-order valence-corrected chi connectivity index (χ4v) is 3.05. The number of para-hydroxylation sites is 1. The SMILES string of the molecule is CC(C)c1ccccc1OCCNC(=O)c1cccc(N(C)S(C)(=O)=O)c1. The second-order valence-corrected chi connectivity index (χ2v) is 8.59. The summed E-state index contributed by atoms with van der Waals surface area (Å²) in [5, 5.41) is 2.79. The van der Waals surface area contributed by atoms with Crippen LogP contribution in [0.25, 0.3) is 0 Å². The van der Waals surface area contributed by atoms with Gasteiger partial charge in [-0.3, -0.25) is 9.10 Å². The van der Waals surface area contributed by atoms with Crippen LogP contribution >= 0.6 is 0 Å². The average Bonchev–Trinajstić information content (AvgIpc) is 2.64. The third-order valence-corrected chi connectivity index (χ3v) is 5.36. The Kier molecular flexibility index (Phi) is 6.85. The highest BCUT2D eigenvalue weighted by atomic mass is 32.2. The third-order valence-electron chi connectivity index (χ3n) is 4.16. The molecule has 0 unspecified atom stereocenters. The monoisotopic (exact) mass is 390 g/mol. The van der Waals surface area contributed by atoms with E-state index in [9.17, 15) is 13.2 Å². The van der Waals surface area contributed by atoms with Crippen LogP contribution in [0.15, 0.2) is 48.5 Å². The highest BCUT2D eigenvalue weighted by molar-refractivity contribution is 7.92. The highest BCUT2D eigenvalue weighted by Crippen LogP contribution is 2.25. The third kappa shape index (κ3) is 5.72. The molecule has 1 N–H and O–H groups in total. The van der Waals surface area contributed by atoms with Crippen LogP contribution in [0.3, 0.4) is 0 Å². The maximum absolute atomic E-state index is 12.3. The molecular weight excluding hydrogens is 364 g/mol. The minimum atomic E-state index is -3.38. The van der Waals surface area contributed by atoms with Crippen LogP contribution < -0.4 is 14.4 Å². The number of carbonyl (C=O) groups excluding carboxylic acids is 1. The number of rotatable bonds is 8. The van der Waals surface area contributed by atoms with Crippen molar-refractivity contribution in [3.05, 3.63) is 59.7 Å². The van der Waals surface area contributed by atoms with Gasteiger partial charge < -0.3 is 10.1 Å². The van der Waals surface area contributed by atoms with Gasteiger partial charge in [0.2, 0.25) is 10.0 Å². The Balaban J connectivity index is 1.93. The molecule has 146 valence electrons. The Morgan fingerprint density at radius 1 is 1.15 bits per heavy atom. The van der Waals surface area contributed by atoms with Gasteiger partial charge in [0.05, 0.1) is 18.5 Å². The summed E-state index contributed by atoms with van der Waals surface area (Å²) in [4.78, 5) is 12.3. The molecule has 0 radical (unpaired) electrons. The Morgan fingerprint density at radius 2 is 1.85 bits per heavy atom. The predicted molar refractivity (Wildman–Crippen MR) is 108 cm³/mol. The van der Waals surface area contributed by atoms with E-state index in [2.05, 4.69) is 19.2 Å². The molecule has 0 aliphatic heterocycles. The van der Waals surface area contributed by atoms with Crippen molar-refractivity contribution >= 4 is 21.6 Å². The molecule has 0 aliphatic carbocycles. The van der Waals surface area contributed by atoms with Crippen molar-refractivity contribution in [2.75, 3.05) is 30.8 Å². The van der Waals surface area contributed by atoms with E-state index in [0.717, 1.165) is 21.9 Å². The van der Waals surface area contributed by atoms with E-state index in [1.54, 1.807) is 24.3 Å². The maximum atomic E-state index is 12.3. The standard InChI is InChI=1S/C20H26N2O4S/c1-15(2)18-10-5-6-11-19(18)26-13-12-21-20(23)16-8-7-9-17(14-16)22(3)27(4,24)25/h5-11,14-15H,12-13H2,1-4H3,(H,21,23). The molecule has 2 aromatic rings. The number of amides is 1. The molecule has 1 amide bonds. The summed E-state index contributed by atoms with van der Waals surface area (Å²) in [6, 6.07) is 14.3. The number of sulfonamides is 1. The van der Waals surface area contributed by atoms with E-state index in [4.69, 9.17) is 4.74 Å². The fraction of sp³-hybridized carbons (Fsp3) is 0.350. The largest absolute Gasteiger partial charge is 0.491 e. The van der Waals surface area contributed by atoms with Crippen LogP contribution in [-0.4, -0.2) is 40.8 Å². The summed E-state index contributed by atoms with van der Waals surface area (Å²) in [5.41, 5.74) is 1.96. The second-order valence-electron chi connectivity index (χ2n) is 6.58. The van der Waals surface area contributed by atoms with Crippen molar-refractivity contribution in [3.8, 4) is 5.75 Å². The van der Waals surface area contributed by atoms with E-state index in [1.165, 1.54) is 7.05 Å². The summed E-state index contributed by atoms with van der Waals surface area (Å²) >= 11 is 0. The van der Waals surface area contributed by atoms with Crippen molar-refractivity contribution in [3.63, 3.8) is 0 Å². The number of nitrogens with zero attached hydrogens (tertiary/aromatic N) is 1. The summed E-state index contributed by atoms with van der Waals surface area (Å²) in [6.07, 6.45) is 1.12. The van der Waals surface area contributed by atoms with Gasteiger partial charge in [0.15, 0.2) is 0 Å². The lowest BCUT2D eigenvalue weighted by molar-refractivity contribution is 0.0947. The molecule has 0 atom stereocenters. The first-order valence-electron chi connectivity index (χ1n) is 8.74. The number of hydrogen-bond donors (Lipinski definition) is 1. The first kappa shape index (κ1) is 20.8. The van der Waals surface area contributed by atoms with Gasteiger partial charge in [-0.25, -0.2) is 8.42 Å². The van der Waals surface area contributed by atoms with Gasteiger partial charge in [-0.15, -0.1) is 0 Å². The lowest BCUT2D eigenvalue weighted by atomic mass is 10.0. The number of anilines is 1. The number of benzene rings is 2. The van der Waals surface area contributed by atoms with E-state index in [0.29, 0.717) is 30.3 Å². The van der Waals surface area contributed by atoms with Crippen LogP contribution in [0.5, 0.6) is 5.75 Å². The molecule has 7 heteroatoms. The quantitative estimate of drug-likeness (QED) is 0.703. The van der Waals surface area contributed by atoms with Gasteiger partial charge in [-0.2, -0.15) is 0 Å². The van der Waals surface area contributed by atoms with Crippen molar-refractivity contribution in [1.29, 1.82) is 0 Å². The van der Waals surface area contributed by atoms with Gasteiger partial charge in [0, 0.05) is 12.6 Å². The Labute approximate surface area is 161 Å². The summed E-state index contributed by atoms with van der Waals surface area (Å²) in [5.74, 6) is 0.892. The van der Waals surface area contributed by atoms with E-state index < -0.39 is 10.0 Å². The molecule has 0 aliphatic rings. The number of hydrogen-bond acceptors (Lipinski definition) is 4. The molecule has 0 saturated carbocycles. The molecule has 27 heavy (non-hydrogen) atoms. The Bertz CT molecular complexity index is 894. The van der Waals surface area contributed by atoms with Crippen LogP contribution in [0.1, 0.15) is 35.7 Å². The van der Waals surface area contributed by atoms with Crippen LogP contribution in [0.2, 0.25) is 0 Å². The number of carbonyl (C=O) groups is 1. The Hall–Kier alpha value is -2.54. The highest BCUT2D eigenvalue weighted by Gasteiger charge is 2.14. The van der Waals surface area contributed by atoms with Gasteiger partial charge in [0.25, 0.3) is 5.91 Å². The van der Waals surface area contributed by atoms with Crippen molar-refractivity contribution < 1.29 is 17.9 Å². The minimum Gasteiger partial charge on any atom is -0.491 e. The summed E-state index contributed by atoms with van der Waals surface area (Å²) < 4.78 is 30.2. The summed E-state index contributed by atoms with van der Waals surface area (Å²) in [7, 11) is -1.93. The molecule has 0 fully saturated rings. The molecule has 0 aromatic heterocycles. The first-order chi connectivity index (χ1) is 12.7. The first-order valence-corrected chi connectivity index (χ1v) is 10.6. The van der Waals surface area contributed by atoms with E-state index in [1.807, 2.05) is 24.3 Å². The zero-order chi connectivity index (χ0) is 20.0. The second kappa shape index (κ2) is 8.90. The minimum absolute atomic E-state index is 0.278. The maximum Gasteiger partial charge on any atom is 0.251 e. The van der Waals surface area contributed by atoms with Crippen molar-refractivity contribution in [1.82, 2.24) is 5.32 Å². The lowest BCUT2D eigenvalue weighted by Crippen LogP contribution is -2.29. The van der Waals surface area contributed by atoms with Crippen LogP contribution in [0.4, 0.5) is 5.69 Å². The number of ether oxygens (including phenoxy) is 1. The zero-order valence-corrected chi connectivity index (χ0v) is 16.9. The van der Waals surface area contributed by atoms with Gasteiger partial charge in [0.1, 0.15) is 12.4 Å². The summed E-state index contributed by atoms with van der Waals surface area (Å²) in [6.45, 7) is 4.89. The number of nitrogens with one attached hydrogen (secondary N) is 1. The van der Waals surface area contributed by atoms with Gasteiger partial charge in [-0.05, 0) is 35.7 Å². The van der Waals surface area contributed by atoms with Crippen LogP contribution in [-0.2, 0) is 10.0 Å². The molecule has 0 saturated heterocycles. The van der Waals surface area contributed by atoms with E-state index >= 15 is 0 Å². The fourth-order valence-electron chi connectivity index (χ4n) is 2.55. The molecule has 0 heterocycles. The molecular formula is C20H26N2O4S. The molecule has 2 aromatic carbocycles. The van der Waals surface area contributed by atoms with Crippen molar-refractivity contribution in [2.24, 2.45) is 0 Å². The predicted octanol–water partition coefficient (Wildman–Crippen LogP) is 3.01. The van der Waals surface area contributed by atoms with Gasteiger partial charge >= 0.3 is 0 Å². The molecule has 6 nitrogen and oxygen atoms in total. The molecule has 0 spiro atoms. The molecule has 2 rings (SSSR count). The Morgan fingerprint density at radius 3 is 2.52 bits per heavy atom. The van der Waals surface area contributed by atoms with Crippen LogP contribution in [0, 0.1) is 0 Å². The van der Waals surface area contributed by atoms with Gasteiger partial charge in [-0.1, -0.05) is 38.1 Å². The van der Waals surface area contributed by atoms with Crippen molar-refractivity contribution in [2.45, 2.75) is 19.8 Å². The smallest absolute Gasteiger partial charge is 0.251 e. The topological polar surface area (TPSA) is 75.7 Å². The zero-order valence-electron chi connectivity index (χ0n) is 16.1. The lowest BCUT2D eigenvalue weighted by Gasteiger charge is -2.17. The normalized spacial score (nSPS) is 11.3. The molecule has 0 bridgehead atoms. The average molecular weight is 391 g/mol. The van der Waals surface area contributed by atoms with E-state index in [-0.39, 0.29) is 5.91 Å².